The molecular weight excluding hydrogens is 587 g/mol. The van der Waals surface area contributed by atoms with Gasteiger partial charge in [-0.2, -0.15) is 13.2 Å². The zero-order chi connectivity index (χ0) is 32.5. The number of hydrogen-bond acceptors (Lipinski definition) is 7. The number of pyridine rings is 1. The van der Waals surface area contributed by atoms with Gasteiger partial charge < -0.3 is 25.4 Å². The summed E-state index contributed by atoms with van der Waals surface area (Å²) in [6.07, 6.45) is -4.87. The van der Waals surface area contributed by atoms with Crippen molar-refractivity contribution in [2.75, 3.05) is 19.6 Å². The topological polar surface area (TPSA) is 170 Å². The van der Waals surface area contributed by atoms with Gasteiger partial charge in [-0.25, -0.2) is 15.1 Å². The average molecular weight is 620 g/mol. The Balaban J connectivity index is 0.000000676. The molecule has 12 nitrogen and oxygen atoms in total. The van der Waals surface area contributed by atoms with E-state index in [0.29, 0.717) is 37.4 Å². The third-order valence-corrected chi connectivity index (χ3v) is 6.65. The van der Waals surface area contributed by atoms with E-state index in [9.17, 15) is 27.6 Å². The predicted octanol–water partition coefficient (Wildman–Crippen LogP) is 3.55. The number of fused-ring (bicyclic) bond motifs is 1. The monoisotopic (exact) mass is 619 g/mol. The molecule has 1 atom stereocenters. The number of aryl methyl sites for hydroxylation is 1. The van der Waals surface area contributed by atoms with Crippen molar-refractivity contribution in [3.63, 3.8) is 0 Å². The fraction of sp³-hybridized carbons (Fsp3) is 0.345. The molecule has 44 heavy (non-hydrogen) atoms. The Bertz CT molecular complexity index is 1500. The highest BCUT2D eigenvalue weighted by molar-refractivity contribution is 5.95. The number of aromatic nitrogens is 1. The minimum atomic E-state index is -5.08. The number of aliphatic carboxylic acids is 1. The van der Waals surface area contributed by atoms with Crippen LogP contribution in [0.15, 0.2) is 54.6 Å². The highest BCUT2D eigenvalue weighted by atomic mass is 19.4. The number of alkyl halides is 3. The fourth-order valence-electron chi connectivity index (χ4n) is 4.64. The van der Waals surface area contributed by atoms with E-state index in [-0.39, 0.29) is 24.9 Å². The Labute approximate surface area is 250 Å². The summed E-state index contributed by atoms with van der Waals surface area (Å²) in [5, 5.41) is 22.8. The average Bonchev–Trinajstić information content (AvgIpc) is 3.39. The van der Waals surface area contributed by atoms with Crippen LogP contribution in [-0.4, -0.2) is 75.4 Å². The summed E-state index contributed by atoms with van der Waals surface area (Å²) in [5.74, 6) is -3.17. The van der Waals surface area contributed by atoms with Gasteiger partial charge in [0.25, 0.3) is 5.91 Å². The maximum Gasteiger partial charge on any atom is 0.490 e. The van der Waals surface area contributed by atoms with Crippen molar-refractivity contribution in [1.29, 1.82) is 0 Å². The highest BCUT2D eigenvalue weighted by Gasteiger charge is 2.43. The number of para-hydroxylation sites is 1. The molecule has 4 rings (SSSR count). The maximum absolute atomic E-state index is 13.1. The maximum atomic E-state index is 13.1. The summed E-state index contributed by atoms with van der Waals surface area (Å²) in [6, 6.07) is 16.4. The highest BCUT2D eigenvalue weighted by Crippen LogP contribution is 2.27. The third kappa shape index (κ3) is 9.04. The number of halogens is 3. The molecule has 0 saturated carbocycles. The Kier molecular flexibility index (Phi) is 11.1. The Morgan fingerprint density at radius 3 is 2.36 bits per heavy atom. The lowest BCUT2D eigenvalue weighted by atomic mass is 9.93. The van der Waals surface area contributed by atoms with Crippen molar-refractivity contribution in [3.05, 3.63) is 71.4 Å². The molecule has 3 aromatic rings. The molecule has 0 spiro atoms. The number of ether oxygens (including phenoxy) is 1. The van der Waals surface area contributed by atoms with E-state index < -0.39 is 23.6 Å². The van der Waals surface area contributed by atoms with Gasteiger partial charge in [-0.05, 0) is 56.7 Å². The van der Waals surface area contributed by atoms with Gasteiger partial charge in [-0.1, -0.05) is 18.2 Å². The Hall–Kier alpha value is -4.92. The number of carboxylic acid groups (broad SMARTS) is 1. The van der Waals surface area contributed by atoms with Gasteiger partial charge in [0, 0.05) is 41.8 Å². The second-order valence-corrected chi connectivity index (χ2v) is 10.0. The number of carbonyl (C=O) groups is 4. The van der Waals surface area contributed by atoms with Crippen LogP contribution < -0.4 is 20.9 Å². The van der Waals surface area contributed by atoms with Gasteiger partial charge >= 0.3 is 18.2 Å². The SMILES string of the molecule is CCNC(=O)N1CCC(CC(=O)NO)(NC(=O)c2ccc(OCc3cc(C)nc4ccccc34)cc2)C1.O=C(O)C(F)(F)F. The molecular formula is C29H32F3N5O7. The summed E-state index contributed by atoms with van der Waals surface area (Å²) >= 11 is 0. The van der Waals surface area contributed by atoms with Gasteiger partial charge in [0.05, 0.1) is 17.5 Å². The second-order valence-electron chi connectivity index (χ2n) is 10.0. The molecule has 0 bridgehead atoms. The van der Waals surface area contributed by atoms with Crippen molar-refractivity contribution < 1.29 is 47.4 Å². The van der Waals surface area contributed by atoms with E-state index in [0.717, 1.165) is 22.2 Å². The first-order valence-electron chi connectivity index (χ1n) is 13.4. The van der Waals surface area contributed by atoms with Crippen LogP contribution in [0.2, 0.25) is 0 Å². The van der Waals surface area contributed by atoms with Crippen molar-refractivity contribution in [1.82, 2.24) is 26.0 Å². The number of likely N-dealkylation sites (tertiary alicyclic amines) is 1. The number of nitrogens with zero attached hydrogens (tertiary/aromatic N) is 2. The van der Waals surface area contributed by atoms with Crippen LogP contribution in [-0.2, 0) is 16.2 Å². The lowest BCUT2D eigenvalue weighted by Crippen LogP contribution is -2.54. The quantitative estimate of drug-likeness (QED) is 0.188. The van der Waals surface area contributed by atoms with E-state index in [1.165, 1.54) is 0 Å². The number of amides is 4. The molecule has 5 N–H and O–H groups in total. The zero-order valence-electron chi connectivity index (χ0n) is 23.9. The molecule has 0 aliphatic carbocycles. The van der Waals surface area contributed by atoms with Crippen LogP contribution >= 0.6 is 0 Å². The molecule has 1 aromatic heterocycles. The number of nitrogens with one attached hydrogen (secondary N) is 3. The zero-order valence-corrected chi connectivity index (χ0v) is 23.9. The summed E-state index contributed by atoms with van der Waals surface area (Å²) in [4.78, 5) is 52.3. The predicted molar refractivity (Wildman–Crippen MR) is 151 cm³/mol. The van der Waals surface area contributed by atoms with Crippen LogP contribution in [0.5, 0.6) is 5.75 Å². The second kappa shape index (κ2) is 14.5. The fourth-order valence-corrected chi connectivity index (χ4v) is 4.64. The molecule has 0 radical (unpaired) electrons. The number of carboxylic acids is 1. The number of rotatable bonds is 8. The van der Waals surface area contributed by atoms with Crippen LogP contribution in [0.25, 0.3) is 10.9 Å². The third-order valence-electron chi connectivity index (χ3n) is 6.65. The van der Waals surface area contributed by atoms with Crippen molar-refractivity contribution in [3.8, 4) is 5.75 Å². The summed E-state index contributed by atoms with van der Waals surface area (Å²) in [5.41, 5.74) is 3.85. The van der Waals surface area contributed by atoms with E-state index in [1.807, 2.05) is 44.2 Å². The van der Waals surface area contributed by atoms with Crippen LogP contribution in [0.3, 0.4) is 0 Å². The van der Waals surface area contributed by atoms with Gasteiger partial charge in [0.15, 0.2) is 0 Å². The minimum absolute atomic E-state index is 0.151. The number of benzene rings is 2. The molecule has 2 heterocycles. The first-order chi connectivity index (χ1) is 20.8. The molecule has 4 amide bonds. The summed E-state index contributed by atoms with van der Waals surface area (Å²) in [7, 11) is 0. The molecule has 1 fully saturated rings. The summed E-state index contributed by atoms with van der Waals surface area (Å²) in [6.45, 7) is 5.11. The van der Waals surface area contributed by atoms with E-state index in [4.69, 9.17) is 19.8 Å². The first-order valence-corrected chi connectivity index (χ1v) is 13.4. The van der Waals surface area contributed by atoms with Crippen molar-refractivity contribution in [2.45, 2.75) is 45.0 Å². The van der Waals surface area contributed by atoms with Crippen molar-refractivity contribution in [2.24, 2.45) is 0 Å². The molecule has 1 saturated heterocycles. The lowest BCUT2D eigenvalue weighted by molar-refractivity contribution is -0.192. The smallest absolute Gasteiger partial charge is 0.489 e. The van der Waals surface area contributed by atoms with E-state index in [1.54, 1.807) is 34.6 Å². The molecule has 15 heteroatoms. The van der Waals surface area contributed by atoms with Gasteiger partial charge in [0.1, 0.15) is 12.4 Å². The largest absolute Gasteiger partial charge is 0.490 e. The number of hydrogen-bond donors (Lipinski definition) is 5. The molecule has 1 aliphatic rings. The number of urea groups is 1. The van der Waals surface area contributed by atoms with Crippen LogP contribution in [0.4, 0.5) is 18.0 Å². The number of hydroxylamine groups is 1. The molecule has 236 valence electrons. The summed E-state index contributed by atoms with van der Waals surface area (Å²) < 4.78 is 37.7. The minimum Gasteiger partial charge on any atom is -0.489 e. The normalized spacial score (nSPS) is 16.0. The van der Waals surface area contributed by atoms with Crippen LogP contribution in [0.1, 0.15) is 41.4 Å². The molecule has 1 unspecified atom stereocenters. The van der Waals surface area contributed by atoms with Gasteiger partial charge in [-0.3, -0.25) is 19.8 Å². The van der Waals surface area contributed by atoms with Gasteiger partial charge in [0.2, 0.25) is 5.91 Å². The lowest BCUT2D eigenvalue weighted by Gasteiger charge is -2.30. The molecule has 1 aliphatic heterocycles. The first kappa shape index (κ1) is 33.6. The van der Waals surface area contributed by atoms with Gasteiger partial charge in [-0.15, -0.1) is 0 Å². The Morgan fingerprint density at radius 1 is 1.09 bits per heavy atom. The molecule has 2 aromatic carbocycles. The standard InChI is InChI=1S/C27H31N5O5.C2HF3O2/c1-3-28-26(35)32-13-12-27(17-32,15-24(33)31-36)30-25(34)19-8-10-21(11-9-19)37-16-20-14-18(2)29-23-7-5-4-6-22(20)23;3-2(4,5)1(6)7/h4-11,14,36H,3,12-13,15-17H2,1-2H3,(H,28,35)(H,30,34)(H,31,33);(H,6,7). The Morgan fingerprint density at radius 2 is 1.75 bits per heavy atom. The van der Waals surface area contributed by atoms with Crippen molar-refractivity contribution >= 4 is 34.7 Å². The van der Waals surface area contributed by atoms with E-state index in [2.05, 4.69) is 15.6 Å². The van der Waals surface area contributed by atoms with E-state index >= 15 is 0 Å². The van der Waals surface area contributed by atoms with Crippen LogP contribution in [0, 0.1) is 6.92 Å². The number of carbonyl (C=O) groups excluding carboxylic acids is 3.